The van der Waals surface area contributed by atoms with E-state index in [0.717, 1.165) is 11.3 Å². The van der Waals surface area contributed by atoms with Gasteiger partial charge in [-0.15, -0.1) is 12.8 Å². The lowest BCUT2D eigenvalue weighted by atomic mass is 10.1. The number of hydrogen-bond acceptors (Lipinski definition) is 3. The third-order valence-corrected chi connectivity index (χ3v) is 3.36. The maximum Gasteiger partial charge on any atom is 0.319 e. The Balaban J connectivity index is 1.75. The van der Waals surface area contributed by atoms with E-state index < -0.39 is 0 Å². The van der Waals surface area contributed by atoms with E-state index in [9.17, 15) is 4.79 Å². The summed E-state index contributed by atoms with van der Waals surface area (Å²) in [6.07, 6.45) is 11.0. The van der Waals surface area contributed by atoms with Crippen LogP contribution in [0.25, 0.3) is 0 Å². The summed E-state index contributed by atoms with van der Waals surface area (Å²) >= 11 is 0. The summed E-state index contributed by atoms with van der Waals surface area (Å²) in [5.41, 5.74) is 1.72. The highest BCUT2D eigenvalue weighted by Gasteiger charge is 2.03. The van der Waals surface area contributed by atoms with Crippen molar-refractivity contribution in [3.8, 4) is 36.2 Å². The van der Waals surface area contributed by atoms with Crippen molar-refractivity contribution in [3.05, 3.63) is 54.1 Å². The van der Waals surface area contributed by atoms with Gasteiger partial charge in [-0.25, -0.2) is 4.79 Å². The molecule has 2 N–H and O–H groups in total. The Hall–Kier alpha value is -3.57. The number of carbonyl (C=O) groups excluding carboxylic acids is 1. The third-order valence-electron chi connectivity index (χ3n) is 3.36. The normalized spacial score (nSPS) is 9.46. The topological polar surface area (TPSA) is 59.6 Å². The smallest absolute Gasteiger partial charge is 0.319 e. The summed E-state index contributed by atoms with van der Waals surface area (Å²) in [5.74, 6) is 6.14. The van der Waals surface area contributed by atoms with Crippen LogP contribution in [0.1, 0.15) is 5.56 Å². The first-order valence-corrected chi connectivity index (χ1v) is 8.07. The molecule has 0 saturated heterocycles. The fourth-order valence-electron chi connectivity index (χ4n) is 2.16. The Morgan fingerprint density at radius 2 is 1.65 bits per heavy atom. The van der Waals surface area contributed by atoms with Gasteiger partial charge >= 0.3 is 6.03 Å². The molecular formula is C21H20N2O3. The molecule has 0 radical (unpaired) electrons. The maximum atomic E-state index is 12.0. The first kappa shape index (κ1) is 18.8. The highest BCUT2D eigenvalue weighted by atomic mass is 16.5. The number of urea groups is 1. The second kappa shape index (κ2) is 10.3. The Labute approximate surface area is 153 Å². The summed E-state index contributed by atoms with van der Waals surface area (Å²) in [7, 11) is 0. The van der Waals surface area contributed by atoms with Gasteiger partial charge in [0.25, 0.3) is 0 Å². The number of hydrogen-bond donors (Lipinski definition) is 2. The van der Waals surface area contributed by atoms with Crippen molar-refractivity contribution in [3.63, 3.8) is 0 Å². The summed E-state index contributed by atoms with van der Waals surface area (Å²) in [4.78, 5) is 12.0. The minimum Gasteiger partial charge on any atom is -0.481 e. The average Bonchev–Trinajstić information content (AvgIpc) is 2.66. The molecule has 0 aromatic heterocycles. The van der Waals surface area contributed by atoms with Crippen molar-refractivity contribution < 1.29 is 14.3 Å². The van der Waals surface area contributed by atoms with E-state index in [1.165, 1.54) is 0 Å². The number of benzene rings is 2. The molecule has 0 aliphatic heterocycles. The maximum absolute atomic E-state index is 12.0. The number of amides is 2. The van der Waals surface area contributed by atoms with Gasteiger partial charge in [0.05, 0.1) is 0 Å². The number of ether oxygens (including phenoxy) is 2. The van der Waals surface area contributed by atoms with Gasteiger partial charge in [0, 0.05) is 18.3 Å². The minimum absolute atomic E-state index is 0.183. The molecule has 5 heteroatoms. The van der Waals surface area contributed by atoms with Gasteiger partial charge in [-0.1, -0.05) is 30.0 Å². The van der Waals surface area contributed by atoms with Crippen molar-refractivity contribution in [2.75, 3.05) is 25.1 Å². The standard InChI is InChI=1S/C21H20N2O3/c1-3-14-25-19-10-8-17(9-11-19)12-13-22-21(24)23-18-6-5-7-20(16-18)26-15-4-2/h1-2,5-11,16H,12-15H2,(H2,22,23,24). The Bertz CT molecular complexity index is 801. The molecule has 2 rings (SSSR count). The van der Waals surface area contributed by atoms with E-state index in [4.69, 9.17) is 22.3 Å². The van der Waals surface area contributed by atoms with E-state index in [1.807, 2.05) is 24.3 Å². The van der Waals surface area contributed by atoms with Crippen LogP contribution in [-0.4, -0.2) is 25.8 Å². The van der Waals surface area contributed by atoms with Crippen LogP contribution in [0.2, 0.25) is 0 Å². The number of anilines is 1. The predicted molar refractivity (Wildman–Crippen MR) is 102 cm³/mol. The van der Waals surface area contributed by atoms with E-state index in [2.05, 4.69) is 22.5 Å². The summed E-state index contributed by atoms with van der Waals surface area (Å²) in [6.45, 7) is 0.932. The second-order valence-corrected chi connectivity index (χ2v) is 5.29. The van der Waals surface area contributed by atoms with Crippen molar-refractivity contribution in [2.45, 2.75) is 6.42 Å². The Morgan fingerprint density at radius 3 is 2.35 bits per heavy atom. The quantitative estimate of drug-likeness (QED) is 0.721. The van der Waals surface area contributed by atoms with Crippen LogP contribution in [-0.2, 0) is 6.42 Å². The predicted octanol–water partition coefficient (Wildman–Crippen LogP) is 3.07. The van der Waals surface area contributed by atoms with Crippen molar-refractivity contribution in [1.29, 1.82) is 0 Å². The molecule has 0 spiro atoms. The van der Waals surface area contributed by atoms with Crippen LogP contribution < -0.4 is 20.1 Å². The molecule has 0 aliphatic carbocycles. The molecule has 0 atom stereocenters. The van der Waals surface area contributed by atoms with Gasteiger partial charge in [0.2, 0.25) is 0 Å². The van der Waals surface area contributed by atoms with Gasteiger partial charge in [-0.3, -0.25) is 0 Å². The summed E-state index contributed by atoms with van der Waals surface area (Å²) in [6, 6.07) is 14.4. The minimum atomic E-state index is -0.284. The van der Waals surface area contributed by atoms with Crippen LogP contribution in [0.15, 0.2) is 48.5 Å². The van der Waals surface area contributed by atoms with Crippen molar-refractivity contribution in [2.24, 2.45) is 0 Å². The molecule has 0 aliphatic rings. The lowest BCUT2D eigenvalue weighted by molar-refractivity contribution is 0.252. The average molecular weight is 348 g/mol. The largest absolute Gasteiger partial charge is 0.481 e. The van der Waals surface area contributed by atoms with E-state index >= 15 is 0 Å². The van der Waals surface area contributed by atoms with Gasteiger partial charge in [0.15, 0.2) is 0 Å². The van der Waals surface area contributed by atoms with E-state index in [0.29, 0.717) is 24.4 Å². The molecule has 0 unspecified atom stereocenters. The fourth-order valence-corrected chi connectivity index (χ4v) is 2.16. The number of rotatable bonds is 8. The van der Waals surface area contributed by atoms with E-state index in [-0.39, 0.29) is 19.2 Å². The molecule has 2 aromatic rings. The van der Waals surface area contributed by atoms with Crippen LogP contribution in [0.4, 0.5) is 10.5 Å². The van der Waals surface area contributed by atoms with Crippen molar-refractivity contribution >= 4 is 11.7 Å². The lowest BCUT2D eigenvalue weighted by Crippen LogP contribution is -2.30. The van der Waals surface area contributed by atoms with Gasteiger partial charge in [0.1, 0.15) is 24.7 Å². The third kappa shape index (κ3) is 6.51. The fraction of sp³-hybridized carbons (Fsp3) is 0.190. The second-order valence-electron chi connectivity index (χ2n) is 5.29. The molecule has 2 aromatic carbocycles. The highest BCUT2D eigenvalue weighted by molar-refractivity contribution is 5.89. The Kier molecular flexibility index (Phi) is 7.45. The molecule has 132 valence electrons. The van der Waals surface area contributed by atoms with Crippen LogP contribution >= 0.6 is 0 Å². The first-order valence-electron chi connectivity index (χ1n) is 8.07. The molecule has 0 heterocycles. The zero-order valence-electron chi connectivity index (χ0n) is 14.3. The number of nitrogens with one attached hydrogen (secondary N) is 2. The van der Waals surface area contributed by atoms with Crippen LogP contribution in [0.3, 0.4) is 0 Å². The monoisotopic (exact) mass is 348 g/mol. The van der Waals surface area contributed by atoms with Gasteiger partial charge in [-0.2, -0.15) is 0 Å². The summed E-state index contributed by atoms with van der Waals surface area (Å²) < 4.78 is 10.6. The van der Waals surface area contributed by atoms with Crippen LogP contribution in [0, 0.1) is 24.7 Å². The molecule has 0 fully saturated rings. The number of terminal acetylenes is 2. The van der Waals surface area contributed by atoms with Crippen molar-refractivity contribution in [1.82, 2.24) is 5.32 Å². The SMILES string of the molecule is C#CCOc1ccc(CCNC(=O)Nc2cccc(OCC#C)c2)cc1. The lowest BCUT2D eigenvalue weighted by Gasteiger charge is -2.09. The van der Waals surface area contributed by atoms with Crippen LogP contribution in [0.5, 0.6) is 11.5 Å². The Morgan fingerprint density at radius 1 is 0.962 bits per heavy atom. The van der Waals surface area contributed by atoms with Gasteiger partial charge in [-0.05, 0) is 36.2 Å². The molecular weight excluding hydrogens is 328 g/mol. The number of carbonyl (C=O) groups is 1. The zero-order valence-corrected chi connectivity index (χ0v) is 14.3. The molecule has 0 saturated carbocycles. The van der Waals surface area contributed by atoms with E-state index in [1.54, 1.807) is 24.3 Å². The molecule has 0 bridgehead atoms. The van der Waals surface area contributed by atoms with Gasteiger partial charge < -0.3 is 20.1 Å². The molecule has 2 amide bonds. The molecule has 26 heavy (non-hydrogen) atoms. The zero-order chi connectivity index (χ0) is 18.6. The highest BCUT2D eigenvalue weighted by Crippen LogP contribution is 2.17. The first-order chi connectivity index (χ1) is 12.7. The summed E-state index contributed by atoms with van der Waals surface area (Å²) in [5, 5.41) is 5.57. The molecule has 5 nitrogen and oxygen atoms in total.